The number of benzene rings is 2. The molecule has 4 rings (SSSR count). The number of aromatic nitrogens is 1. The molecule has 1 atom stereocenters. The number of carbonyl (C=O) groups is 1. The third-order valence-corrected chi connectivity index (χ3v) is 6.61. The second-order valence-electron chi connectivity index (χ2n) is 9.17. The minimum Gasteiger partial charge on any atom is -0.383 e. The van der Waals surface area contributed by atoms with Gasteiger partial charge in [0.25, 0.3) is 5.91 Å². The maximum atomic E-state index is 13.2. The summed E-state index contributed by atoms with van der Waals surface area (Å²) in [6, 6.07) is 15.0. The second-order valence-corrected chi connectivity index (χ2v) is 9.17. The van der Waals surface area contributed by atoms with Gasteiger partial charge in [-0.2, -0.15) is 13.2 Å². The van der Waals surface area contributed by atoms with Crippen molar-refractivity contribution < 1.29 is 18.0 Å². The predicted octanol–water partition coefficient (Wildman–Crippen LogP) is 6.01. The fraction of sp³-hybridized carbons (Fsp3) is 0.357. The summed E-state index contributed by atoms with van der Waals surface area (Å²) in [7, 11) is 0. The van der Waals surface area contributed by atoms with Gasteiger partial charge in [-0.1, -0.05) is 50.2 Å². The number of hydrogen-bond acceptors (Lipinski definition) is 4. The molecule has 2 aromatic carbocycles. The molecule has 0 saturated heterocycles. The molecular formula is C28H31F3N4O. The zero-order valence-electron chi connectivity index (χ0n) is 20.5. The topological polar surface area (TPSA) is 71.2 Å². The van der Waals surface area contributed by atoms with Crippen LogP contribution in [0.1, 0.15) is 54.2 Å². The molecule has 36 heavy (non-hydrogen) atoms. The molecule has 0 bridgehead atoms. The minimum absolute atomic E-state index is 0.0687. The summed E-state index contributed by atoms with van der Waals surface area (Å²) in [6.07, 6.45) is -0.554. The molecule has 0 saturated carbocycles. The predicted molar refractivity (Wildman–Crippen MR) is 137 cm³/mol. The molecular weight excluding hydrogens is 465 g/mol. The van der Waals surface area contributed by atoms with Crippen molar-refractivity contribution in [2.45, 2.75) is 45.3 Å². The Morgan fingerprint density at radius 2 is 1.75 bits per heavy atom. The Bertz CT molecular complexity index is 1220. The molecule has 5 nitrogen and oxygen atoms in total. The Morgan fingerprint density at radius 3 is 2.42 bits per heavy atom. The van der Waals surface area contributed by atoms with Gasteiger partial charge in [-0.05, 0) is 60.2 Å². The molecule has 3 aromatic rings. The number of halogens is 3. The van der Waals surface area contributed by atoms with Crippen molar-refractivity contribution in [2.75, 3.05) is 25.4 Å². The number of amides is 1. The van der Waals surface area contributed by atoms with Crippen molar-refractivity contribution in [1.29, 1.82) is 0 Å². The average Bonchev–Trinajstić information content (AvgIpc) is 2.84. The summed E-state index contributed by atoms with van der Waals surface area (Å²) in [5, 5.41) is 2.85. The van der Waals surface area contributed by atoms with Gasteiger partial charge in [-0.15, -0.1) is 0 Å². The van der Waals surface area contributed by atoms with Crippen molar-refractivity contribution >= 4 is 11.7 Å². The summed E-state index contributed by atoms with van der Waals surface area (Å²) in [6.45, 7) is 3.87. The van der Waals surface area contributed by atoms with Gasteiger partial charge in [0, 0.05) is 35.5 Å². The first-order valence-electron chi connectivity index (χ1n) is 12.3. The van der Waals surface area contributed by atoms with Crippen LogP contribution in [0.4, 0.5) is 19.0 Å². The quantitative estimate of drug-likeness (QED) is 0.401. The first-order valence-corrected chi connectivity index (χ1v) is 12.3. The number of nitrogen functional groups attached to an aromatic ring is 1. The number of carbonyl (C=O) groups excluding carboxylic acids is 1. The van der Waals surface area contributed by atoms with Gasteiger partial charge in [0.15, 0.2) is 0 Å². The van der Waals surface area contributed by atoms with Crippen molar-refractivity contribution in [3.63, 3.8) is 0 Å². The number of anilines is 1. The van der Waals surface area contributed by atoms with Crippen molar-refractivity contribution in [1.82, 2.24) is 15.2 Å². The molecule has 0 aliphatic carbocycles. The van der Waals surface area contributed by atoms with Gasteiger partial charge >= 0.3 is 6.18 Å². The molecule has 1 unspecified atom stereocenters. The fourth-order valence-corrected chi connectivity index (χ4v) is 4.92. The molecule has 1 aliphatic heterocycles. The maximum Gasteiger partial charge on any atom is 0.401 e. The summed E-state index contributed by atoms with van der Waals surface area (Å²) < 4.78 is 39.5. The van der Waals surface area contributed by atoms with Crippen LogP contribution in [0.5, 0.6) is 0 Å². The Labute approximate surface area is 209 Å². The number of nitrogens with zero attached hydrogens (tertiary/aromatic N) is 2. The number of hydrogen-bond donors (Lipinski definition) is 2. The molecule has 1 aromatic heterocycles. The lowest BCUT2D eigenvalue weighted by Gasteiger charge is -2.32. The lowest BCUT2D eigenvalue weighted by atomic mass is 9.93. The van der Waals surface area contributed by atoms with Gasteiger partial charge in [-0.25, -0.2) is 4.98 Å². The van der Waals surface area contributed by atoms with Crippen LogP contribution in [-0.4, -0.2) is 41.6 Å². The van der Waals surface area contributed by atoms with E-state index >= 15 is 0 Å². The zero-order valence-corrected chi connectivity index (χ0v) is 20.5. The van der Waals surface area contributed by atoms with Gasteiger partial charge in [-0.3, -0.25) is 9.69 Å². The molecule has 0 spiro atoms. The van der Waals surface area contributed by atoms with E-state index in [9.17, 15) is 18.0 Å². The van der Waals surface area contributed by atoms with Crippen LogP contribution in [0, 0.1) is 0 Å². The van der Waals surface area contributed by atoms with E-state index in [1.165, 1.54) is 4.90 Å². The maximum absolute atomic E-state index is 13.2. The van der Waals surface area contributed by atoms with Gasteiger partial charge in [0.05, 0.1) is 6.54 Å². The van der Waals surface area contributed by atoms with E-state index in [2.05, 4.69) is 10.3 Å². The Kier molecular flexibility index (Phi) is 7.64. The van der Waals surface area contributed by atoms with E-state index in [0.717, 1.165) is 39.8 Å². The minimum atomic E-state index is -4.24. The lowest BCUT2D eigenvalue weighted by molar-refractivity contribution is -0.151. The molecule has 8 heteroatoms. The molecule has 190 valence electrons. The van der Waals surface area contributed by atoms with E-state index in [1.54, 1.807) is 6.20 Å². The molecule has 1 amide bonds. The van der Waals surface area contributed by atoms with Crippen molar-refractivity contribution in [3.8, 4) is 22.3 Å². The van der Waals surface area contributed by atoms with Gasteiger partial charge in [0.1, 0.15) is 5.82 Å². The number of fused-ring (bicyclic) bond motifs is 1. The Balaban J connectivity index is 1.62. The SMILES string of the molecule is CCCN(CC(F)(F)F)C(CC)c1ccc(-c2cnc(N)c(-c3ccc4c(c3)CCNC4=O)c2)cc1. The summed E-state index contributed by atoms with van der Waals surface area (Å²) in [5.74, 6) is 0.324. The Hall–Kier alpha value is -3.39. The van der Waals surface area contributed by atoms with Gasteiger partial charge < -0.3 is 11.1 Å². The second kappa shape index (κ2) is 10.7. The van der Waals surface area contributed by atoms with Crippen LogP contribution in [0.2, 0.25) is 0 Å². The summed E-state index contributed by atoms with van der Waals surface area (Å²) in [4.78, 5) is 18.0. The molecule has 0 fully saturated rings. The highest BCUT2D eigenvalue weighted by molar-refractivity contribution is 5.97. The first-order chi connectivity index (χ1) is 17.2. The number of rotatable bonds is 8. The Morgan fingerprint density at radius 1 is 1.03 bits per heavy atom. The zero-order chi connectivity index (χ0) is 25.9. The van der Waals surface area contributed by atoms with Crippen molar-refractivity contribution in [2.24, 2.45) is 0 Å². The summed E-state index contributed by atoms with van der Waals surface area (Å²) >= 11 is 0. The largest absolute Gasteiger partial charge is 0.401 e. The number of pyridine rings is 1. The standard InChI is InChI=1S/C28H31F3N4O/c1-3-13-35(17-28(29,30)31)25(4-2)19-7-5-18(6-8-19)22-15-24(26(32)34-16-22)20-9-10-23-21(14-20)11-12-33-27(23)36/h5-10,14-16,25H,3-4,11-13,17H2,1-2H3,(H2,32,34)(H,33,36). The number of alkyl halides is 3. The normalized spacial score (nSPS) is 14.4. The van der Waals surface area contributed by atoms with E-state index in [0.29, 0.717) is 37.3 Å². The fourth-order valence-electron chi connectivity index (χ4n) is 4.92. The number of nitrogens with two attached hydrogens (primary N) is 1. The van der Waals surface area contributed by atoms with Crippen LogP contribution in [0.15, 0.2) is 54.7 Å². The van der Waals surface area contributed by atoms with Crippen molar-refractivity contribution in [3.05, 3.63) is 71.4 Å². The molecule has 2 heterocycles. The van der Waals surface area contributed by atoms with Crippen LogP contribution in [0.25, 0.3) is 22.3 Å². The van der Waals surface area contributed by atoms with E-state index < -0.39 is 12.7 Å². The first kappa shape index (κ1) is 25.7. The molecule has 0 radical (unpaired) electrons. The van der Waals surface area contributed by atoms with Gasteiger partial charge in [0.2, 0.25) is 0 Å². The van der Waals surface area contributed by atoms with Crippen LogP contribution >= 0.6 is 0 Å². The number of nitrogens with one attached hydrogen (secondary N) is 1. The highest BCUT2D eigenvalue weighted by Gasteiger charge is 2.33. The highest BCUT2D eigenvalue weighted by Crippen LogP contribution is 2.33. The third kappa shape index (κ3) is 5.70. The van der Waals surface area contributed by atoms with Crippen LogP contribution in [-0.2, 0) is 6.42 Å². The lowest BCUT2D eigenvalue weighted by Crippen LogP contribution is -2.37. The third-order valence-electron chi connectivity index (χ3n) is 6.61. The van der Waals surface area contributed by atoms with E-state index in [1.807, 2.05) is 62.4 Å². The molecule has 1 aliphatic rings. The smallest absolute Gasteiger partial charge is 0.383 e. The molecule has 3 N–H and O–H groups in total. The van der Waals surface area contributed by atoms with Crippen LogP contribution < -0.4 is 11.1 Å². The monoisotopic (exact) mass is 496 g/mol. The van der Waals surface area contributed by atoms with E-state index in [4.69, 9.17) is 5.73 Å². The average molecular weight is 497 g/mol. The highest BCUT2D eigenvalue weighted by atomic mass is 19.4. The van der Waals surface area contributed by atoms with Crippen LogP contribution in [0.3, 0.4) is 0 Å². The summed E-state index contributed by atoms with van der Waals surface area (Å²) in [5.41, 5.74) is 12.1. The van der Waals surface area contributed by atoms with E-state index in [-0.39, 0.29) is 11.9 Å².